The van der Waals surface area contributed by atoms with Crippen molar-refractivity contribution >= 4 is 21.3 Å². The quantitative estimate of drug-likeness (QED) is 0.584. The van der Waals surface area contributed by atoms with E-state index in [0.29, 0.717) is 5.69 Å². The molecule has 0 fully saturated rings. The normalized spacial score (nSPS) is 12.0. The predicted molar refractivity (Wildman–Crippen MR) is 112 cm³/mol. The maximum absolute atomic E-state index is 13.3. The van der Waals surface area contributed by atoms with E-state index in [0.717, 1.165) is 16.7 Å². The average molecular weight is 378 g/mol. The Hall–Kier alpha value is -2.85. The Morgan fingerprint density at radius 3 is 1.85 bits per heavy atom. The molecule has 27 heavy (non-hydrogen) atoms. The van der Waals surface area contributed by atoms with Crippen molar-refractivity contribution in [1.29, 1.82) is 0 Å². The molecule has 0 amide bonds. The van der Waals surface area contributed by atoms with Gasteiger partial charge in [0.15, 0.2) is 0 Å². The number of benzene rings is 3. The van der Waals surface area contributed by atoms with Gasteiger partial charge in [-0.25, -0.2) is 12.7 Å². The minimum atomic E-state index is -3.73. The minimum Gasteiger partial charge on any atom is -0.242 e. The highest BCUT2D eigenvalue weighted by molar-refractivity contribution is 7.93. The molecule has 3 nitrogen and oxygen atoms in total. The Morgan fingerprint density at radius 2 is 1.30 bits per heavy atom. The number of hydrogen-bond acceptors (Lipinski definition) is 2. The van der Waals surface area contributed by atoms with Gasteiger partial charge in [0.2, 0.25) is 0 Å². The average Bonchev–Trinajstić information content (AvgIpc) is 2.67. The van der Waals surface area contributed by atoms with E-state index in [2.05, 4.69) is 0 Å². The zero-order valence-corrected chi connectivity index (χ0v) is 16.6. The molecule has 4 heteroatoms. The molecule has 0 heterocycles. The zero-order chi connectivity index (χ0) is 19.4. The first-order valence-corrected chi connectivity index (χ1v) is 10.2. The van der Waals surface area contributed by atoms with Crippen LogP contribution in [0.3, 0.4) is 0 Å². The van der Waals surface area contributed by atoms with Gasteiger partial charge in [0.25, 0.3) is 10.0 Å². The summed E-state index contributed by atoms with van der Waals surface area (Å²) in [6.45, 7) is 5.89. The molecule has 0 aromatic heterocycles. The molecule has 3 aromatic carbocycles. The van der Waals surface area contributed by atoms with Crippen LogP contribution in [0, 0.1) is 13.8 Å². The van der Waals surface area contributed by atoms with Crippen molar-refractivity contribution in [3.05, 3.63) is 102 Å². The number of nitrogens with zero attached hydrogens (tertiary/aromatic N) is 1. The summed E-state index contributed by atoms with van der Waals surface area (Å²) in [6, 6.07) is 24.1. The monoisotopic (exact) mass is 377 g/mol. The third-order valence-corrected chi connectivity index (χ3v) is 6.11. The fourth-order valence-electron chi connectivity index (χ4n) is 2.75. The molecular formula is C23H23NO2S. The lowest BCUT2D eigenvalue weighted by atomic mass is 10.1. The van der Waals surface area contributed by atoms with Gasteiger partial charge in [0.1, 0.15) is 0 Å². The fourth-order valence-corrected chi connectivity index (χ4v) is 4.15. The largest absolute Gasteiger partial charge is 0.268 e. The van der Waals surface area contributed by atoms with Gasteiger partial charge in [0, 0.05) is 6.20 Å². The van der Waals surface area contributed by atoms with Crippen molar-refractivity contribution < 1.29 is 8.42 Å². The van der Waals surface area contributed by atoms with Gasteiger partial charge in [-0.3, -0.25) is 0 Å². The standard InChI is InChI=1S/C23H23NO2S/c1-18-9-13-21(14-10-18)20(3)17-24(22-7-5-4-6-8-22)27(25,26)23-15-11-19(2)12-16-23/h4-17H,1-3H3. The molecule has 0 radical (unpaired) electrons. The summed E-state index contributed by atoms with van der Waals surface area (Å²) in [6.07, 6.45) is 1.69. The van der Waals surface area contributed by atoms with Gasteiger partial charge in [-0.2, -0.15) is 0 Å². The van der Waals surface area contributed by atoms with Gasteiger partial charge in [0.05, 0.1) is 10.6 Å². The summed E-state index contributed by atoms with van der Waals surface area (Å²) in [7, 11) is -3.73. The van der Waals surface area contributed by atoms with E-state index in [1.165, 1.54) is 9.87 Å². The SMILES string of the molecule is CC(=CN(c1ccccc1)S(=O)(=O)c1ccc(C)cc1)c1ccc(C)cc1. The van der Waals surface area contributed by atoms with Crippen LogP contribution in [0.25, 0.3) is 5.57 Å². The number of aryl methyl sites for hydroxylation is 2. The van der Waals surface area contributed by atoms with Crippen LogP contribution in [0.4, 0.5) is 5.69 Å². The number of para-hydroxylation sites is 1. The first-order valence-electron chi connectivity index (χ1n) is 8.79. The van der Waals surface area contributed by atoms with Gasteiger partial charge in [-0.1, -0.05) is 65.7 Å². The Kier molecular flexibility index (Phi) is 5.47. The van der Waals surface area contributed by atoms with Crippen molar-refractivity contribution in [3.63, 3.8) is 0 Å². The fraction of sp³-hybridized carbons (Fsp3) is 0.130. The highest BCUT2D eigenvalue weighted by atomic mass is 32.2. The van der Waals surface area contributed by atoms with Gasteiger partial charge < -0.3 is 0 Å². The van der Waals surface area contributed by atoms with Crippen LogP contribution in [0.15, 0.2) is 90.0 Å². The Morgan fingerprint density at radius 1 is 0.778 bits per heavy atom. The van der Waals surface area contributed by atoms with Crippen molar-refractivity contribution in [3.8, 4) is 0 Å². The lowest BCUT2D eigenvalue weighted by molar-refractivity contribution is 0.596. The Balaban J connectivity index is 2.10. The van der Waals surface area contributed by atoms with E-state index in [1.807, 2.05) is 75.4 Å². The van der Waals surface area contributed by atoms with Crippen LogP contribution in [0.1, 0.15) is 23.6 Å². The molecule has 0 saturated heterocycles. The van der Waals surface area contributed by atoms with Crippen LogP contribution < -0.4 is 4.31 Å². The van der Waals surface area contributed by atoms with Crippen LogP contribution in [-0.4, -0.2) is 8.42 Å². The summed E-state index contributed by atoms with van der Waals surface area (Å²) in [5.41, 5.74) is 4.64. The molecule has 138 valence electrons. The third-order valence-electron chi connectivity index (χ3n) is 4.41. The summed E-state index contributed by atoms with van der Waals surface area (Å²) >= 11 is 0. The number of hydrogen-bond donors (Lipinski definition) is 0. The molecule has 0 N–H and O–H groups in total. The van der Waals surface area contributed by atoms with Crippen LogP contribution >= 0.6 is 0 Å². The second-order valence-electron chi connectivity index (χ2n) is 6.63. The van der Waals surface area contributed by atoms with Crippen LogP contribution in [-0.2, 0) is 10.0 Å². The highest BCUT2D eigenvalue weighted by Gasteiger charge is 2.23. The molecule has 3 aromatic rings. The van der Waals surface area contributed by atoms with E-state index >= 15 is 0 Å². The van der Waals surface area contributed by atoms with E-state index < -0.39 is 10.0 Å². The van der Waals surface area contributed by atoms with Crippen molar-refractivity contribution in [2.75, 3.05) is 4.31 Å². The first kappa shape index (κ1) is 18.9. The number of sulfonamides is 1. The molecule has 0 bridgehead atoms. The number of anilines is 1. The molecule has 0 aliphatic carbocycles. The van der Waals surface area contributed by atoms with Gasteiger partial charge in [-0.05, 0) is 56.2 Å². The highest BCUT2D eigenvalue weighted by Crippen LogP contribution is 2.27. The van der Waals surface area contributed by atoms with E-state index in [1.54, 1.807) is 30.5 Å². The topological polar surface area (TPSA) is 37.4 Å². The molecule has 0 aliphatic heterocycles. The molecule has 0 unspecified atom stereocenters. The smallest absolute Gasteiger partial charge is 0.242 e. The Bertz CT molecular complexity index is 1040. The second kappa shape index (κ2) is 7.80. The summed E-state index contributed by atoms with van der Waals surface area (Å²) in [5, 5.41) is 0. The molecule has 0 atom stereocenters. The predicted octanol–water partition coefficient (Wildman–Crippen LogP) is 5.56. The van der Waals surface area contributed by atoms with Crippen molar-refractivity contribution in [2.45, 2.75) is 25.7 Å². The zero-order valence-electron chi connectivity index (χ0n) is 15.8. The van der Waals surface area contributed by atoms with Crippen LogP contribution in [0.2, 0.25) is 0 Å². The molecule has 0 aliphatic rings. The first-order chi connectivity index (χ1) is 12.9. The Labute approximate surface area is 161 Å². The minimum absolute atomic E-state index is 0.268. The lowest BCUT2D eigenvalue weighted by Crippen LogP contribution is -2.26. The van der Waals surface area contributed by atoms with Crippen molar-refractivity contribution in [2.24, 2.45) is 0 Å². The summed E-state index contributed by atoms with van der Waals surface area (Å²) < 4.78 is 28.0. The van der Waals surface area contributed by atoms with E-state index in [9.17, 15) is 8.42 Å². The maximum Gasteiger partial charge on any atom is 0.268 e. The third kappa shape index (κ3) is 4.29. The van der Waals surface area contributed by atoms with Crippen LogP contribution in [0.5, 0.6) is 0 Å². The molecule has 0 saturated carbocycles. The summed E-state index contributed by atoms with van der Waals surface area (Å²) in [5.74, 6) is 0. The second-order valence-corrected chi connectivity index (χ2v) is 8.44. The van der Waals surface area contributed by atoms with Crippen molar-refractivity contribution in [1.82, 2.24) is 0 Å². The van der Waals surface area contributed by atoms with Gasteiger partial charge in [-0.15, -0.1) is 0 Å². The maximum atomic E-state index is 13.3. The molecule has 0 spiro atoms. The molecular weight excluding hydrogens is 354 g/mol. The van der Waals surface area contributed by atoms with E-state index in [-0.39, 0.29) is 4.90 Å². The number of allylic oxidation sites excluding steroid dienone is 1. The van der Waals surface area contributed by atoms with E-state index in [4.69, 9.17) is 0 Å². The summed E-state index contributed by atoms with van der Waals surface area (Å²) in [4.78, 5) is 0.268. The lowest BCUT2D eigenvalue weighted by Gasteiger charge is -2.22. The van der Waals surface area contributed by atoms with Gasteiger partial charge >= 0.3 is 0 Å². The molecule has 3 rings (SSSR count). The number of rotatable bonds is 5.